The number of nitrogens with zero attached hydrogens (tertiary/aromatic N) is 1. The normalized spacial score (nSPS) is 13.1. The maximum atomic E-state index is 5.94. The van der Waals surface area contributed by atoms with Crippen molar-refractivity contribution in [3.05, 3.63) is 47.7 Å². The van der Waals surface area contributed by atoms with Crippen LogP contribution >= 0.6 is 0 Å². The fraction of sp³-hybridized carbons (Fsp3) is 0.353. The van der Waals surface area contributed by atoms with Gasteiger partial charge in [0.1, 0.15) is 17.3 Å². The molecule has 20 heavy (non-hydrogen) atoms. The van der Waals surface area contributed by atoms with E-state index < -0.39 is 0 Å². The number of aryl methyl sites for hydroxylation is 2. The van der Waals surface area contributed by atoms with Crippen LogP contribution in [0.5, 0.6) is 11.5 Å². The van der Waals surface area contributed by atoms with Crippen LogP contribution in [0, 0.1) is 0 Å². The van der Waals surface area contributed by atoms with E-state index in [9.17, 15) is 0 Å². The second-order valence-electron chi connectivity index (χ2n) is 5.19. The van der Waals surface area contributed by atoms with Gasteiger partial charge in [-0.1, -0.05) is 13.0 Å². The Kier molecular flexibility index (Phi) is 3.86. The number of ether oxygens (including phenoxy) is 1. The number of benzene rings is 1. The van der Waals surface area contributed by atoms with Crippen LogP contribution in [-0.4, -0.2) is 11.5 Å². The van der Waals surface area contributed by atoms with E-state index in [0.717, 1.165) is 30.3 Å². The number of anilines is 1. The molecule has 1 aliphatic rings. The van der Waals surface area contributed by atoms with Crippen LogP contribution in [-0.2, 0) is 12.8 Å². The second kappa shape index (κ2) is 5.95. The van der Waals surface area contributed by atoms with E-state index in [1.807, 2.05) is 12.1 Å². The molecular weight excluding hydrogens is 248 g/mol. The quantitative estimate of drug-likeness (QED) is 0.883. The molecule has 104 valence electrons. The van der Waals surface area contributed by atoms with Crippen LogP contribution in [0.15, 0.2) is 36.5 Å². The van der Waals surface area contributed by atoms with Crippen molar-refractivity contribution in [2.24, 2.45) is 0 Å². The molecule has 1 N–H and O–H groups in total. The van der Waals surface area contributed by atoms with E-state index in [2.05, 4.69) is 35.4 Å². The van der Waals surface area contributed by atoms with E-state index in [0.29, 0.717) is 0 Å². The van der Waals surface area contributed by atoms with Gasteiger partial charge in [0, 0.05) is 18.8 Å². The highest BCUT2D eigenvalue weighted by molar-refractivity contribution is 5.44. The molecule has 0 unspecified atom stereocenters. The molecule has 0 spiro atoms. The van der Waals surface area contributed by atoms with Gasteiger partial charge in [-0.15, -0.1) is 0 Å². The summed E-state index contributed by atoms with van der Waals surface area (Å²) in [6.45, 7) is 3.06. The average Bonchev–Trinajstić information content (AvgIpc) is 2.93. The summed E-state index contributed by atoms with van der Waals surface area (Å²) in [5.74, 6) is 2.61. The topological polar surface area (TPSA) is 34.1 Å². The number of rotatable bonds is 5. The maximum absolute atomic E-state index is 5.94. The first-order valence-corrected chi connectivity index (χ1v) is 7.35. The molecule has 0 amide bonds. The largest absolute Gasteiger partial charge is 0.457 e. The first-order chi connectivity index (χ1) is 9.85. The maximum Gasteiger partial charge on any atom is 0.132 e. The SMILES string of the molecule is CCCNc1cc(Oc2ccc3c(c2)CCC3)ccn1. The van der Waals surface area contributed by atoms with Gasteiger partial charge in [0.2, 0.25) is 0 Å². The Hall–Kier alpha value is -2.03. The number of nitrogens with one attached hydrogen (secondary N) is 1. The lowest BCUT2D eigenvalue weighted by Crippen LogP contribution is -2.01. The minimum absolute atomic E-state index is 0.830. The van der Waals surface area contributed by atoms with Gasteiger partial charge in [-0.25, -0.2) is 4.98 Å². The van der Waals surface area contributed by atoms with Gasteiger partial charge in [0.25, 0.3) is 0 Å². The summed E-state index contributed by atoms with van der Waals surface area (Å²) < 4.78 is 5.94. The molecule has 1 aromatic carbocycles. The van der Waals surface area contributed by atoms with Crippen molar-refractivity contribution in [1.82, 2.24) is 4.98 Å². The molecule has 0 saturated heterocycles. The van der Waals surface area contributed by atoms with E-state index in [4.69, 9.17) is 4.74 Å². The smallest absolute Gasteiger partial charge is 0.132 e. The van der Waals surface area contributed by atoms with E-state index in [1.165, 1.54) is 30.4 Å². The highest BCUT2D eigenvalue weighted by Gasteiger charge is 2.11. The molecule has 0 fully saturated rings. The molecule has 0 bridgehead atoms. The lowest BCUT2D eigenvalue weighted by atomic mass is 10.1. The number of pyridine rings is 1. The molecule has 1 aliphatic carbocycles. The Bertz CT molecular complexity index is 595. The van der Waals surface area contributed by atoms with Crippen LogP contribution in [0.1, 0.15) is 30.9 Å². The molecular formula is C17H20N2O. The number of hydrogen-bond acceptors (Lipinski definition) is 3. The average molecular weight is 268 g/mol. The zero-order valence-electron chi connectivity index (χ0n) is 11.9. The number of hydrogen-bond donors (Lipinski definition) is 1. The van der Waals surface area contributed by atoms with Crippen molar-refractivity contribution in [2.75, 3.05) is 11.9 Å². The van der Waals surface area contributed by atoms with Gasteiger partial charge in [0.15, 0.2) is 0 Å². The van der Waals surface area contributed by atoms with Crippen molar-refractivity contribution >= 4 is 5.82 Å². The lowest BCUT2D eigenvalue weighted by Gasteiger charge is -2.09. The Balaban J connectivity index is 1.74. The van der Waals surface area contributed by atoms with E-state index >= 15 is 0 Å². The molecule has 0 aliphatic heterocycles. The third-order valence-corrected chi connectivity index (χ3v) is 3.59. The summed E-state index contributed by atoms with van der Waals surface area (Å²) in [6, 6.07) is 10.3. The summed E-state index contributed by atoms with van der Waals surface area (Å²) in [5.41, 5.74) is 2.90. The van der Waals surface area contributed by atoms with Crippen molar-refractivity contribution < 1.29 is 4.74 Å². The van der Waals surface area contributed by atoms with Crippen molar-refractivity contribution in [3.8, 4) is 11.5 Å². The molecule has 1 aromatic heterocycles. The minimum atomic E-state index is 0.830. The van der Waals surface area contributed by atoms with Crippen molar-refractivity contribution in [1.29, 1.82) is 0 Å². The van der Waals surface area contributed by atoms with Crippen molar-refractivity contribution in [3.63, 3.8) is 0 Å². The highest BCUT2D eigenvalue weighted by atomic mass is 16.5. The first-order valence-electron chi connectivity index (χ1n) is 7.35. The Morgan fingerprint density at radius 1 is 1.10 bits per heavy atom. The minimum Gasteiger partial charge on any atom is -0.457 e. The zero-order valence-corrected chi connectivity index (χ0v) is 11.9. The second-order valence-corrected chi connectivity index (χ2v) is 5.19. The number of fused-ring (bicyclic) bond motifs is 1. The standard InChI is InChI=1S/C17H20N2O/c1-2-9-18-17-12-16(8-10-19-17)20-15-7-6-13-4-3-5-14(13)11-15/h6-8,10-12H,2-5,9H2,1H3,(H,18,19). The van der Waals surface area contributed by atoms with Gasteiger partial charge in [0.05, 0.1) is 0 Å². The van der Waals surface area contributed by atoms with Gasteiger partial charge in [-0.2, -0.15) is 0 Å². The Morgan fingerprint density at radius 2 is 1.95 bits per heavy atom. The molecule has 0 atom stereocenters. The lowest BCUT2D eigenvalue weighted by molar-refractivity contribution is 0.481. The first kappa shape index (κ1) is 13.0. The zero-order chi connectivity index (χ0) is 13.8. The molecule has 2 aromatic rings. The molecule has 0 radical (unpaired) electrons. The highest BCUT2D eigenvalue weighted by Crippen LogP contribution is 2.29. The van der Waals surface area contributed by atoms with Crippen LogP contribution in [0.2, 0.25) is 0 Å². The van der Waals surface area contributed by atoms with Crippen LogP contribution in [0.3, 0.4) is 0 Å². The summed E-state index contributed by atoms with van der Waals surface area (Å²) in [6.07, 6.45) is 6.50. The summed E-state index contributed by atoms with van der Waals surface area (Å²) in [5, 5.41) is 3.27. The molecule has 3 nitrogen and oxygen atoms in total. The molecule has 1 heterocycles. The van der Waals surface area contributed by atoms with Gasteiger partial charge in [-0.05, 0) is 55.0 Å². The predicted molar refractivity (Wildman–Crippen MR) is 81.6 cm³/mol. The number of aromatic nitrogens is 1. The summed E-state index contributed by atoms with van der Waals surface area (Å²) in [7, 11) is 0. The van der Waals surface area contributed by atoms with Crippen LogP contribution in [0.25, 0.3) is 0 Å². The molecule has 0 saturated carbocycles. The van der Waals surface area contributed by atoms with Crippen molar-refractivity contribution in [2.45, 2.75) is 32.6 Å². The third-order valence-electron chi connectivity index (χ3n) is 3.59. The monoisotopic (exact) mass is 268 g/mol. The predicted octanol–water partition coefficient (Wildman–Crippen LogP) is 4.18. The fourth-order valence-electron chi connectivity index (χ4n) is 2.57. The third kappa shape index (κ3) is 2.93. The van der Waals surface area contributed by atoms with Crippen LogP contribution in [0.4, 0.5) is 5.82 Å². The summed E-state index contributed by atoms with van der Waals surface area (Å²) in [4.78, 5) is 4.29. The molecule has 3 rings (SSSR count). The summed E-state index contributed by atoms with van der Waals surface area (Å²) >= 11 is 0. The Morgan fingerprint density at radius 3 is 2.85 bits per heavy atom. The Labute approximate surface area is 120 Å². The molecule has 3 heteroatoms. The van der Waals surface area contributed by atoms with Gasteiger partial charge < -0.3 is 10.1 Å². The van der Waals surface area contributed by atoms with E-state index in [-0.39, 0.29) is 0 Å². The van der Waals surface area contributed by atoms with Gasteiger partial charge in [-0.3, -0.25) is 0 Å². The van der Waals surface area contributed by atoms with Crippen LogP contribution < -0.4 is 10.1 Å². The fourth-order valence-corrected chi connectivity index (χ4v) is 2.57. The van der Waals surface area contributed by atoms with Gasteiger partial charge >= 0.3 is 0 Å². The van der Waals surface area contributed by atoms with E-state index in [1.54, 1.807) is 6.20 Å².